The van der Waals surface area contributed by atoms with Crippen molar-refractivity contribution in [3.63, 3.8) is 0 Å². The van der Waals surface area contributed by atoms with Crippen molar-refractivity contribution < 1.29 is 9.47 Å². The first-order valence-corrected chi connectivity index (χ1v) is 6.31. The molecule has 0 heterocycles. The van der Waals surface area contributed by atoms with Crippen LogP contribution in [-0.4, -0.2) is 33.5 Å². The van der Waals surface area contributed by atoms with Crippen LogP contribution >= 0.6 is 22.6 Å². The fraction of sp³-hybridized carbons (Fsp3) is 0.500. The van der Waals surface area contributed by atoms with Gasteiger partial charge in [0.05, 0.1) is 12.7 Å². The number of halogens is 1. The average Bonchev–Trinajstić information content (AvgIpc) is 2.30. The number of ether oxygens (including phenoxy) is 2. The van der Waals surface area contributed by atoms with Crippen LogP contribution in [0.15, 0.2) is 24.3 Å². The summed E-state index contributed by atoms with van der Waals surface area (Å²) in [6, 6.07) is 8.49. The Bertz CT molecular complexity index is 290. The molecule has 1 aromatic rings. The summed E-state index contributed by atoms with van der Waals surface area (Å²) in [5, 5.41) is 3.35. The normalized spacial score (nSPS) is 12.7. The summed E-state index contributed by atoms with van der Waals surface area (Å²) in [6.07, 6.45) is 0.119. The molecule has 90 valence electrons. The molecule has 1 atom stereocenters. The minimum absolute atomic E-state index is 0.119. The van der Waals surface area contributed by atoms with Gasteiger partial charge in [-0.25, -0.2) is 0 Å². The molecule has 0 amide bonds. The molecule has 3 nitrogen and oxygen atoms in total. The van der Waals surface area contributed by atoms with E-state index in [4.69, 9.17) is 9.47 Å². The summed E-state index contributed by atoms with van der Waals surface area (Å²) in [7, 11) is 3.39. The lowest BCUT2D eigenvalue weighted by molar-refractivity contribution is 0.0288. The predicted molar refractivity (Wildman–Crippen MR) is 73.5 cm³/mol. The predicted octanol–water partition coefficient (Wildman–Crippen LogP) is 2.04. The minimum Gasteiger partial charge on any atom is -0.382 e. The molecule has 0 aromatic heterocycles. The topological polar surface area (TPSA) is 30.5 Å². The molecule has 0 fully saturated rings. The SMILES string of the molecule is COCC(CNCc1ccc(I)cc1)OC. The largest absolute Gasteiger partial charge is 0.382 e. The zero-order valence-electron chi connectivity index (χ0n) is 9.70. The highest BCUT2D eigenvalue weighted by Gasteiger charge is 2.05. The first kappa shape index (κ1) is 13.9. The van der Waals surface area contributed by atoms with Crippen molar-refractivity contribution in [2.24, 2.45) is 0 Å². The molecule has 1 aromatic carbocycles. The van der Waals surface area contributed by atoms with Gasteiger partial charge in [-0.15, -0.1) is 0 Å². The second kappa shape index (κ2) is 8.00. The molecule has 0 saturated carbocycles. The summed E-state index contributed by atoms with van der Waals surface area (Å²) in [5.41, 5.74) is 1.28. The van der Waals surface area contributed by atoms with Gasteiger partial charge in [-0.2, -0.15) is 0 Å². The van der Waals surface area contributed by atoms with Gasteiger partial charge in [0, 0.05) is 30.9 Å². The van der Waals surface area contributed by atoms with E-state index in [2.05, 4.69) is 52.2 Å². The van der Waals surface area contributed by atoms with E-state index in [9.17, 15) is 0 Å². The van der Waals surface area contributed by atoms with E-state index in [1.165, 1.54) is 9.13 Å². The van der Waals surface area contributed by atoms with Crippen LogP contribution in [0.5, 0.6) is 0 Å². The van der Waals surface area contributed by atoms with E-state index in [1.54, 1.807) is 14.2 Å². The lowest BCUT2D eigenvalue weighted by atomic mass is 10.2. The monoisotopic (exact) mass is 335 g/mol. The number of rotatable bonds is 7. The van der Waals surface area contributed by atoms with Gasteiger partial charge in [0.1, 0.15) is 0 Å². The summed E-state index contributed by atoms with van der Waals surface area (Å²) in [4.78, 5) is 0. The molecule has 0 aliphatic rings. The Morgan fingerprint density at radius 3 is 2.50 bits per heavy atom. The van der Waals surface area contributed by atoms with Gasteiger partial charge in [-0.1, -0.05) is 12.1 Å². The highest BCUT2D eigenvalue weighted by Crippen LogP contribution is 2.06. The fourth-order valence-electron chi connectivity index (χ4n) is 1.38. The molecule has 0 bridgehead atoms. The molecule has 0 aliphatic carbocycles. The second-order valence-corrected chi connectivity index (χ2v) is 4.82. The zero-order chi connectivity index (χ0) is 11.8. The number of methoxy groups -OCH3 is 2. The number of nitrogens with one attached hydrogen (secondary N) is 1. The molecular formula is C12H18INO2. The van der Waals surface area contributed by atoms with E-state index < -0.39 is 0 Å². The molecule has 16 heavy (non-hydrogen) atoms. The number of hydrogen-bond donors (Lipinski definition) is 1. The van der Waals surface area contributed by atoms with E-state index in [0.717, 1.165) is 13.1 Å². The van der Waals surface area contributed by atoms with Crippen LogP contribution in [0.4, 0.5) is 0 Å². The highest BCUT2D eigenvalue weighted by molar-refractivity contribution is 14.1. The Morgan fingerprint density at radius 2 is 1.94 bits per heavy atom. The molecule has 0 aliphatic heterocycles. The van der Waals surface area contributed by atoms with Gasteiger partial charge in [0.25, 0.3) is 0 Å². The lowest BCUT2D eigenvalue weighted by Gasteiger charge is -2.14. The van der Waals surface area contributed by atoms with Crippen LogP contribution < -0.4 is 5.32 Å². The molecule has 1 N–H and O–H groups in total. The average molecular weight is 335 g/mol. The van der Waals surface area contributed by atoms with Gasteiger partial charge in [-0.3, -0.25) is 0 Å². The van der Waals surface area contributed by atoms with Crippen molar-refractivity contribution in [1.29, 1.82) is 0 Å². The van der Waals surface area contributed by atoms with Crippen LogP contribution in [0.3, 0.4) is 0 Å². The third-order valence-corrected chi connectivity index (χ3v) is 3.02. The van der Waals surface area contributed by atoms with Crippen LogP contribution in [0.25, 0.3) is 0 Å². The third-order valence-electron chi connectivity index (χ3n) is 2.30. The Kier molecular flexibility index (Phi) is 6.95. The Balaban J connectivity index is 2.26. The Hall–Kier alpha value is -0.170. The van der Waals surface area contributed by atoms with Crippen molar-refractivity contribution in [2.45, 2.75) is 12.6 Å². The lowest BCUT2D eigenvalue weighted by Crippen LogP contribution is -2.31. The Labute approximate surface area is 111 Å². The van der Waals surface area contributed by atoms with E-state index in [1.807, 2.05) is 0 Å². The van der Waals surface area contributed by atoms with Crippen LogP contribution in [0.1, 0.15) is 5.56 Å². The van der Waals surface area contributed by atoms with Crippen LogP contribution in [0.2, 0.25) is 0 Å². The maximum absolute atomic E-state index is 5.26. The van der Waals surface area contributed by atoms with Gasteiger partial charge < -0.3 is 14.8 Å². The van der Waals surface area contributed by atoms with Crippen LogP contribution in [0, 0.1) is 3.57 Å². The van der Waals surface area contributed by atoms with Crippen molar-refractivity contribution >= 4 is 22.6 Å². The molecule has 0 radical (unpaired) electrons. The van der Waals surface area contributed by atoms with Gasteiger partial charge in [0.2, 0.25) is 0 Å². The standard InChI is InChI=1S/C12H18INO2/c1-15-9-12(16-2)8-14-7-10-3-5-11(13)6-4-10/h3-6,12,14H,7-9H2,1-2H3. The number of hydrogen-bond acceptors (Lipinski definition) is 3. The summed E-state index contributed by atoms with van der Waals surface area (Å²) in [5.74, 6) is 0. The van der Waals surface area contributed by atoms with Crippen LogP contribution in [-0.2, 0) is 16.0 Å². The van der Waals surface area contributed by atoms with Crippen molar-refractivity contribution in [2.75, 3.05) is 27.4 Å². The van der Waals surface area contributed by atoms with E-state index >= 15 is 0 Å². The molecule has 1 unspecified atom stereocenters. The molecule has 0 spiro atoms. The van der Waals surface area contributed by atoms with E-state index in [-0.39, 0.29) is 6.10 Å². The summed E-state index contributed by atoms with van der Waals surface area (Å²) < 4.78 is 11.6. The Morgan fingerprint density at radius 1 is 1.25 bits per heavy atom. The molecular weight excluding hydrogens is 317 g/mol. The maximum Gasteiger partial charge on any atom is 0.0928 e. The molecule has 1 rings (SSSR count). The maximum atomic E-state index is 5.26. The molecule has 4 heteroatoms. The molecule has 0 saturated heterocycles. The third kappa shape index (κ3) is 5.25. The quantitative estimate of drug-likeness (QED) is 0.774. The van der Waals surface area contributed by atoms with Crippen molar-refractivity contribution in [1.82, 2.24) is 5.32 Å². The van der Waals surface area contributed by atoms with E-state index in [0.29, 0.717) is 6.61 Å². The smallest absolute Gasteiger partial charge is 0.0928 e. The van der Waals surface area contributed by atoms with Crippen molar-refractivity contribution in [3.8, 4) is 0 Å². The summed E-state index contributed by atoms with van der Waals surface area (Å²) in [6.45, 7) is 2.28. The van der Waals surface area contributed by atoms with Crippen molar-refractivity contribution in [3.05, 3.63) is 33.4 Å². The van der Waals surface area contributed by atoms with Gasteiger partial charge in [0.15, 0.2) is 0 Å². The van der Waals surface area contributed by atoms with Gasteiger partial charge in [-0.05, 0) is 40.3 Å². The zero-order valence-corrected chi connectivity index (χ0v) is 11.9. The first-order valence-electron chi connectivity index (χ1n) is 5.23. The second-order valence-electron chi connectivity index (χ2n) is 3.57. The summed E-state index contributed by atoms with van der Waals surface area (Å²) >= 11 is 2.30. The highest BCUT2D eigenvalue weighted by atomic mass is 127. The fourth-order valence-corrected chi connectivity index (χ4v) is 1.74. The minimum atomic E-state index is 0.119. The van der Waals surface area contributed by atoms with Gasteiger partial charge >= 0.3 is 0 Å². The number of benzene rings is 1. The first-order chi connectivity index (χ1) is 7.76.